The second-order valence-electron chi connectivity index (χ2n) is 7.16. The van der Waals surface area contributed by atoms with Gasteiger partial charge in [-0.15, -0.1) is 0 Å². The summed E-state index contributed by atoms with van der Waals surface area (Å²) in [6.45, 7) is 3.58. The first-order valence-electron chi connectivity index (χ1n) is 9.13. The molecule has 0 unspecified atom stereocenters. The highest BCUT2D eigenvalue weighted by molar-refractivity contribution is 5.83. The molecule has 0 spiro atoms. The molecule has 1 N–H and O–H groups in total. The molecule has 134 valence electrons. The zero-order chi connectivity index (χ0) is 18.1. The van der Waals surface area contributed by atoms with Crippen LogP contribution in [0.1, 0.15) is 36.4 Å². The van der Waals surface area contributed by atoms with Crippen LogP contribution < -0.4 is 5.32 Å². The normalized spacial score (nSPS) is 18.2. The van der Waals surface area contributed by atoms with E-state index in [1.54, 1.807) is 0 Å². The van der Waals surface area contributed by atoms with Crippen LogP contribution in [0.15, 0.2) is 54.9 Å². The number of urea groups is 1. The van der Waals surface area contributed by atoms with Crippen molar-refractivity contribution in [3.8, 4) is 0 Å². The van der Waals surface area contributed by atoms with E-state index in [-0.39, 0.29) is 12.1 Å². The summed E-state index contributed by atoms with van der Waals surface area (Å²) in [7, 11) is 1.92. The third-order valence-electron chi connectivity index (χ3n) is 5.29. The molecule has 0 saturated carbocycles. The van der Waals surface area contributed by atoms with Crippen molar-refractivity contribution >= 4 is 16.8 Å². The Kier molecular flexibility index (Phi) is 4.37. The van der Waals surface area contributed by atoms with Gasteiger partial charge in [-0.3, -0.25) is 4.68 Å². The van der Waals surface area contributed by atoms with Gasteiger partial charge in [0.15, 0.2) is 0 Å². The molecular weight excluding hydrogens is 324 g/mol. The number of rotatable bonds is 3. The van der Waals surface area contributed by atoms with E-state index in [0.29, 0.717) is 5.92 Å². The Labute approximate surface area is 153 Å². The van der Waals surface area contributed by atoms with E-state index in [0.717, 1.165) is 25.1 Å². The zero-order valence-corrected chi connectivity index (χ0v) is 15.2. The van der Waals surface area contributed by atoms with Crippen molar-refractivity contribution < 1.29 is 4.79 Å². The third-order valence-corrected chi connectivity index (χ3v) is 5.29. The molecule has 2 heterocycles. The van der Waals surface area contributed by atoms with Crippen LogP contribution in [0.5, 0.6) is 0 Å². The average Bonchev–Trinajstić information content (AvgIpc) is 3.30. The van der Waals surface area contributed by atoms with Gasteiger partial charge in [-0.05, 0) is 41.3 Å². The highest BCUT2D eigenvalue weighted by Crippen LogP contribution is 2.27. The van der Waals surface area contributed by atoms with Gasteiger partial charge in [0.05, 0.1) is 12.2 Å². The molecule has 1 aliphatic heterocycles. The lowest BCUT2D eigenvalue weighted by molar-refractivity contribution is 0.205. The summed E-state index contributed by atoms with van der Waals surface area (Å²) >= 11 is 0. The summed E-state index contributed by atoms with van der Waals surface area (Å²) in [6, 6.07) is 14.6. The van der Waals surface area contributed by atoms with Crippen LogP contribution in [0.4, 0.5) is 4.79 Å². The largest absolute Gasteiger partial charge is 0.331 e. The number of fused-ring (bicyclic) bond motifs is 1. The van der Waals surface area contributed by atoms with E-state index in [9.17, 15) is 4.79 Å². The molecule has 4 rings (SSSR count). The number of aromatic nitrogens is 2. The van der Waals surface area contributed by atoms with Gasteiger partial charge in [-0.1, -0.05) is 36.4 Å². The molecule has 1 aromatic heterocycles. The summed E-state index contributed by atoms with van der Waals surface area (Å²) in [5.41, 5.74) is 2.34. The molecule has 2 atom stereocenters. The van der Waals surface area contributed by atoms with Gasteiger partial charge in [-0.25, -0.2) is 4.79 Å². The zero-order valence-electron chi connectivity index (χ0n) is 15.2. The number of nitrogens with one attached hydrogen (secondary N) is 1. The molecule has 0 bridgehead atoms. The van der Waals surface area contributed by atoms with Gasteiger partial charge in [0.1, 0.15) is 0 Å². The molecule has 1 fully saturated rings. The molecule has 0 aliphatic carbocycles. The molecule has 0 radical (unpaired) electrons. The summed E-state index contributed by atoms with van der Waals surface area (Å²) in [6.07, 6.45) is 4.94. The van der Waals surface area contributed by atoms with Gasteiger partial charge in [0.25, 0.3) is 0 Å². The standard InChI is InChI=1S/C21H24N4O/c1-15(17-8-7-16-5-3-4-6-18(16)11-17)23-21(26)25-10-9-19(14-25)20-12-22-24(2)13-20/h3-8,11-13,15,19H,9-10,14H2,1-2H3,(H,23,26)/t15-,19+/m0/s1. The molecule has 2 aromatic carbocycles. The third kappa shape index (κ3) is 3.29. The number of hydrogen-bond donors (Lipinski definition) is 1. The maximum atomic E-state index is 12.7. The van der Waals surface area contributed by atoms with Crippen molar-refractivity contribution in [3.05, 3.63) is 66.0 Å². The lowest BCUT2D eigenvalue weighted by Crippen LogP contribution is -2.39. The van der Waals surface area contributed by atoms with Crippen molar-refractivity contribution in [1.29, 1.82) is 0 Å². The Morgan fingerprint density at radius 2 is 2.04 bits per heavy atom. The molecule has 1 aliphatic rings. The van der Waals surface area contributed by atoms with Crippen molar-refractivity contribution in [1.82, 2.24) is 20.0 Å². The van der Waals surface area contributed by atoms with Crippen LogP contribution in [-0.4, -0.2) is 33.8 Å². The topological polar surface area (TPSA) is 50.2 Å². The average molecular weight is 348 g/mol. The molecule has 2 amide bonds. The number of amides is 2. The van der Waals surface area contributed by atoms with E-state index in [1.807, 2.05) is 48.1 Å². The van der Waals surface area contributed by atoms with Crippen molar-refractivity contribution in [2.45, 2.75) is 25.3 Å². The first kappa shape index (κ1) is 16.6. The molecule has 3 aromatic rings. The monoisotopic (exact) mass is 348 g/mol. The van der Waals surface area contributed by atoms with E-state index in [2.05, 4.69) is 40.7 Å². The first-order valence-corrected chi connectivity index (χ1v) is 9.13. The number of aryl methyl sites for hydroxylation is 1. The van der Waals surface area contributed by atoms with Gasteiger partial charge in [-0.2, -0.15) is 5.10 Å². The fourth-order valence-electron chi connectivity index (χ4n) is 3.70. The first-order chi connectivity index (χ1) is 12.6. The summed E-state index contributed by atoms with van der Waals surface area (Å²) in [4.78, 5) is 14.6. The van der Waals surface area contributed by atoms with Crippen LogP contribution >= 0.6 is 0 Å². The van der Waals surface area contributed by atoms with Crippen molar-refractivity contribution in [2.24, 2.45) is 7.05 Å². The Balaban J connectivity index is 1.40. The van der Waals surface area contributed by atoms with Gasteiger partial charge < -0.3 is 10.2 Å². The predicted octanol–water partition coefficient (Wildman–Crippen LogP) is 3.83. The van der Waals surface area contributed by atoms with Crippen molar-refractivity contribution in [3.63, 3.8) is 0 Å². The van der Waals surface area contributed by atoms with Crippen molar-refractivity contribution in [2.75, 3.05) is 13.1 Å². The van der Waals surface area contributed by atoms with E-state index in [1.165, 1.54) is 16.3 Å². The number of nitrogens with zero attached hydrogens (tertiary/aromatic N) is 3. The fraction of sp³-hybridized carbons (Fsp3) is 0.333. The van der Waals surface area contributed by atoms with Crippen LogP contribution in [-0.2, 0) is 7.05 Å². The number of carbonyl (C=O) groups excluding carboxylic acids is 1. The van der Waals surface area contributed by atoms with Crippen LogP contribution in [0.25, 0.3) is 10.8 Å². The highest BCUT2D eigenvalue weighted by Gasteiger charge is 2.28. The quantitative estimate of drug-likeness (QED) is 0.782. The number of hydrogen-bond acceptors (Lipinski definition) is 2. The number of benzene rings is 2. The number of carbonyl (C=O) groups is 1. The summed E-state index contributed by atoms with van der Waals surface area (Å²) in [5.74, 6) is 0.380. The Morgan fingerprint density at radius 3 is 2.81 bits per heavy atom. The highest BCUT2D eigenvalue weighted by atomic mass is 16.2. The molecular formula is C21H24N4O. The SMILES string of the molecule is C[C@H](NC(=O)N1CC[C@@H](c2cnn(C)c2)C1)c1ccc2ccccc2c1. The molecule has 5 heteroatoms. The molecule has 1 saturated heterocycles. The lowest BCUT2D eigenvalue weighted by Gasteiger charge is -2.21. The van der Waals surface area contributed by atoms with Gasteiger partial charge >= 0.3 is 6.03 Å². The maximum Gasteiger partial charge on any atom is 0.317 e. The van der Waals surface area contributed by atoms with E-state index < -0.39 is 0 Å². The van der Waals surface area contributed by atoms with Gasteiger partial charge in [0, 0.05) is 32.3 Å². The minimum Gasteiger partial charge on any atom is -0.331 e. The smallest absolute Gasteiger partial charge is 0.317 e. The minimum atomic E-state index is -0.0236. The molecule has 26 heavy (non-hydrogen) atoms. The second kappa shape index (κ2) is 6.83. The van der Waals surface area contributed by atoms with Crippen LogP contribution in [0.3, 0.4) is 0 Å². The summed E-state index contributed by atoms with van der Waals surface area (Å²) in [5, 5.41) is 9.80. The Morgan fingerprint density at radius 1 is 1.23 bits per heavy atom. The maximum absolute atomic E-state index is 12.7. The van der Waals surface area contributed by atoms with E-state index >= 15 is 0 Å². The second-order valence-corrected chi connectivity index (χ2v) is 7.16. The summed E-state index contributed by atoms with van der Waals surface area (Å²) < 4.78 is 1.82. The lowest BCUT2D eigenvalue weighted by atomic mass is 10.0. The number of likely N-dealkylation sites (tertiary alicyclic amines) is 1. The fourth-order valence-corrected chi connectivity index (χ4v) is 3.70. The Bertz CT molecular complexity index is 932. The molecule has 5 nitrogen and oxygen atoms in total. The van der Waals surface area contributed by atoms with Gasteiger partial charge in [0.2, 0.25) is 0 Å². The minimum absolute atomic E-state index is 0.0112. The van der Waals surface area contributed by atoms with Crippen LogP contribution in [0, 0.1) is 0 Å². The Hall–Kier alpha value is -2.82. The van der Waals surface area contributed by atoms with E-state index in [4.69, 9.17) is 0 Å². The van der Waals surface area contributed by atoms with Crippen LogP contribution in [0.2, 0.25) is 0 Å². The predicted molar refractivity (Wildman–Crippen MR) is 103 cm³/mol.